The molecule has 0 spiro atoms. The molecule has 0 saturated heterocycles. The van der Waals surface area contributed by atoms with E-state index in [4.69, 9.17) is 4.52 Å². The molecule has 1 aliphatic rings. The van der Waals surface area contributed by atoms with Gasteiger partial charge in [-0.3, -0.25) is 0 Å². The summed E-state index contributed by atoms with van der Waals surface area (Å²) in [6, 6.07) is 0. The molecule has 1 saturated carbocycles. The van der Waals surface area contributed by atoms with Gasteiger partial charge in [0, 0.05) is 13.0 Å². The Hall–Kier alpha value is -1.76. The quantitative estimate of drug-likeness (QED) is 0.754. The first-order valence-electron chi connectivity index (χ1n) is 7.74. The number of hydrogen-bond acceptors (Lipinski definition) is 6. The predicted molar refractivity (Wildman–Crippen MR) is 76.5 cm³/mol. The number of hydrogen-bond donors (Lipinski definition) is 1. The summed E-state index contributed by atoms with van der Waals surface area (Å²) in [5.74, 6) is 2.24. The summed E-state index contributed by atoms with van der Waals surface area (Å²) >= 11 is 0. The third-order valence-corrected chi connectivity index (χ3v) is 3.58. The third-order valence-electron chi connectivity index (χ3n) is 3.58. The van der Waals surface area contributed by atoms with Crippen LogP contribution in [-0.2, 0) is 19.5 Å². The maximum atomic E-state index is 5.23. The van der Waals surface area contributed by atoms with Gasteiger partial charge >= 0.3 is 0 Å². The molecular weight excluding hydrogens is 268 g/mol. The van der Waals surface area contributed by atoms with E-state index in [1.807, 2.05) is 6.20 Å². The van der Waals surface area contributed by atoms with Crippen molar-refractivity contribution in [1.82, 2.24) is 30.5 Å². The van der Waals surface area contributed by atoms with Crippen LogP contribution in [0.15, 0.2) is 10.7 Å². The van der Waals surface area contributed by atoms with E-state index in [1.165, 1.54) is 12.8 Å². The highest BCUT2D eigenvalue weighted by Crippen LogP contribution is 2.27. The SMILES string of the molecule is CCCCc1noc(Cn2cc(CNCC3CC3)nn2)n1. The number of unbranched alkanes of at least 4 members (excludes halogenated alkanes) is 1. The summed E-state index contributed by atoms with van der Waals surface area (Å²) in [6.07, 6.45) is 7.72. The Balaban J connectivity index is 1.47. The number of aromatic nitrogens is 5. The first kappa shape index (κ1) is 14.2. The first-order chi connectivity index (χ1) is 10.3. The van der Waals surface area contributed by atoms with Crippen LogP contribution in [0.5, 0.6) is 0 Å². The second kappa shape index (κ2) is 6.80. The Labute approximate surface area is 124 Å². The molecule has 2 heterocycles. The topological polar surface area (TPSA) is 81.7 Å². The van der Waals surface area contributed by atoms with Crippen LogP contribution in [0.25, 0.3) is 0 Å². The highest BCUT2D eigenvalue weighted by atomic mass is 16.5. The van der Waals surface area contributed by atoms with Crippen molar-refractivity contribution in [1.29, 1.82) is 0 Å². The molecular formula is C14H22N6O. The fourth-order valence-electron chi connectivity index (χ4n) is 2.15. The molecule has 0 unspecified atom stereocenters. The van der Waals surface area contributed by atoms with E-state index in [9.17, 15) is 0 Å². The Morgan fingerprint density at radius 3 is 3.14 bits per heavy atom. The van der Waals surface area contributed by atoms with E-state index in [0.29, 0.717) is 12.4 Å². The van der Waals surface area contributed by atoms with Crippen LogP contribution in [0, 0.1) is 5.92 Å². The van der Waals surface area contributed by atoms with Crippen molar-refractivity contribution in [3.8, 4) is 0 Å². The molecule has 2 aromatic heterocycles. The third kappa shape index (κ3) is 4.35. The van der Waals surface area contributed by atoms with Crippen LogP contribution in [-0.4, -0.2) is 31.7 Å². The molecule has 7 nitrogen and oxygen atoms in total. The normalized spacial score (nSPS) is 14.7. The van der Waals surface area contributed by atoms with E-state index in [0.717, 1.165) is 49.8 Å². The largest absolute Gasteiger partial charge is 0.337 e. The van der Waals surface area contributed by atoms with Crippen LogP contribution >= 0.6 is 0 Å². The summed E-state index contributed by atoms with van der Waals surface area (Å²) in [7, 11) is 0. The molecule has 3 rings (SSSR count). The van der Waals surface area contributed by atoms with Crippen molar-refractivity contribution in [2.45, 2.75) is 52.1 Å². The molecule has 0 aromatic carbocycles. The van der Waals surface area contributed by atoms with Crippen molar-refractivity contribution < 1.29 is 4.52 Å². The summed E-state index contributed by atoms with van der Waals surface area (Å²) in [5, 5.41) is 15.6. The summed E-state index contributed by atoms with van der Waals surface area (Å²) in [4.78, 5) is 4.36. The Morgan fingerprint density at radius 2 is 2.33 bits per heavy atom. The molecule has 114 valence electrons. The highest BCUT2D eigenvalue weighted by molar-refractivity contribution is 4.94. The minimum absolute atomic E-state index is 0.481. The lowest BCUT2D eigenvalue weighted by molar-refractivity contribution is 0.359. The minimum atomic E-state index is 0.481. The van der Waals surface area contributed by atoms with Crippen molar-refractivity contribution in [2.75, 3.05) is 6.54 Å². The minimum Gasteiger partial charge on any atom is -0.337 e. The average molecular weight is 290 g/mol. The van der Waals surface area contributed by atoms with Gasteiger partial charge in [0.25, 0.3) is 0 Å². The van der Waals surface area contributed by atoms with Gasteiger partial charge in [0.05, 0.1) is 11.9 Å². The lowest BCUT2D eigenvalue weighted by atomic mass is 10.2. The van der Waals surface area contributed by atoms with Crippen LogP contribution < -0.4 is 5.32 Å². The van der Waals surface area contributed by atoms with Crippen molar-refractivity contribution in [3.05, 3.63) is 23.6 Å². The van der Waals surface area contributed by atoms with E-state index < -0.39 is 0 Å². The summed E-state index contributed by atoms with van der Waals surface area (Å²) in [5.41, 5.74) is 0.946. The summed E-state index contributed by atoms with van der Waals surface area (Å²) < 4.78 is 6.97. The lowest BCUT2D eigenvalue weighted by Crippen LogP contribution is -2.16. The first-order valence-corrected chi connectivity index (χ1v) is 7.74. The molecule has 0 amide bonds. The zero-order valence-corrected chi connectivity index (χ0v) is 12.5. The Morgan fingerprint density at radius 1 is 1.43 bits per heavy atom. The molecule has 1 fully saturated rings. The van der Waals surface area contributed by atoms with Gasteiger partial charge in [0.15, 0.2) is 5.82 Å². The zero-order valence-electron chi connectivity index (χ0n) is 12.5. The average Bonchev–Trinajstić information content (AvgIpc) is 3.03. The van der Waals surface area contributed by atoms with E-state index in [2.05, 4.69) is 32.7 Å². The number of nitrogens with zero attached hydrogens (tertiary/aromatic N) is 5. The molecule has 7 heteroatoms. The van der Waals surface area contributed by atoms with Crippen LogP contribution in [0.2, 0.25) is 0 Å². The van der Waals surface area contributed by atoms with Gasteiger partial charge in [-0.05, 0) is 31.7 Å². The van der Waals surface area contributed by atoms with E-state index in [-0.39, 0.29) is 0 Å². The molecule has 0 atom stereocenters. The lowest BCUT2D eigenvalue weighted by Gasteiger charge is -1.98. The molecule has 0 bridgehead atoms. The molecule has 1 N–H and O–H groups in total. The van der Waals surface area contributed by atoms with Crippen molar-refractivity contribution in [3.63, 3.8) is 0 Å². The van der Waals surface area contributed by atoms with Crippen LogP contribution in [0.3, 0.4) is 0 Å². The summed E-state index contributed by atoms with van der Waals surface area (Å²) in [6.45, 7) is 4.48. The molecule has 1 aliphatic carbocycles. The van der Waals surface area contributed by atoms with E-state index in [1.54, 1.807) is 4.68 Å². The molecule has 0 radical (unpaired) electrons. The number of aryl methyl sites for hydroxylation is 1. The number of nitrogens with one attached hydrogen (secondary N) is 1. The van der Waals surface area contributed by atoms with Gasteiger partial charge < -0.3 is 9.84 Å². The second-order valence-electron chi connectivity index (χ2n) is 5.69. The van der Waals surface area contributed by atoms with Gasteiger partial charge in [-0.1, -0.05) is 23.7 Å². The fraction of sp³-hybridized carbons (Fsp3) is 0.714. The van der Waals surface area contributed by atoms with Gasteiger partial charge in [0.1, 0.15) is 6.54 Å². The smallest absolute Gasteiger partial charge is 0.248 e. The monoisotopic (exact) mass is 290 g/mol. The zero-order chi connectivity index (χ0) is 14.5. The van der Waals surface area contributed by atoms with Gasteiger partial charge in [-0.2, -0.15) is 4.98 Å². The standard InChI is InChI=1S/C14H22N6O/c1-2-3-4-13-16-14(21-18-13)10-20-9-12(17-19-20)8-15-7-11-5-6-11/h9,11,15H,2-8,10H2,1H3. The predicted octanol–water partition coefficient (Wildman–Crippen LogP) is 1.55. The highest BCUT2D eigenvalue weighted by Gasteiger charge is 2.20. The van der Waals surface area contributed by atoms with Crippen LogP contribution in [0.4, 0.5) is 0 Å². The molecule has 2 aromatic rings. The second-order valence-corrected chi connectivity index (χ2v) is 5.69. The van der Waals surface area contributed by atoms with Gasteiger partial charge in [-0.25, -0.2) is 4.68 Å². The number of rotatable bonds is 9. The van der Waals surface area contributed by atoms with E-state index >= 15 is 0 Å². The van der Waals surface area contributed by atoms with Crippen LogP contribution in [0.1, 0.15) is 50.0 Å². The Kier molecular flexibility index (Phi) is 4.59. The fourth-order valence-corrected chi connectivity index (χ4v) is 2.15. The molecule has 21 heavy (non-hydrogen) atoms. The van der Waals surface area contributed by atoms with Crippen molar-refractivity contribution in [2.24, 2.45) is 5.92 Å². The van der Waals surface area contributed by atoms with Crippen molar-refractivity contribution >= 4 is 0 Å². The van der Waals surface area contributed by atoms with Gasteiger partial charge in [0.2, 0.25) is 5.89 Å². The Bertz CT molecular complexity index is 559. The maximum absolute atomic E-state index is 5.23. The molecule has 0 aliphatic heterocycles. The van der Waals surface area contributed by atoms with Gasteiger partial charge in [-0.15, -0.1) is 5.10 Å². The maximum Gasteiger partial charge on any atom is 0.248 e.